The first-order valence-electron chi connectivity index (χ1n) is 6.04. The van der Waals surface area contributed by atoms with Crippen LogP contribution in [0, 0.1) is 21.8 Å². The van der Waals surface area contributed by atoms with Crippen molar-refractivity contribution < 1.29 is 9.31 Å². The second-order valence-corrected chi connectivity index (χ2v) is 5.30. The van der Waals surface area contributed by atoms with Crippen LogP contribution in [-0.4, -0.2) is 24.1 Å². The van der Waals surface area contributed by atoms with Crippen LogP contribution < -0.4 is 10.6 Å². The number of rotatable bonds is 2. The number of halogens is 2. The van der Waals surface area contributed by atoms with Crippen molar-refractivity contribution in [1.29, 1.82) is 0 Å². The van der Waals surface area contributed by atoms with E-state index in [4.69, 9.17) is 17.3 Å². The van der Waals surface area contributed by atoms with E-state index in [0.717, 1.165) is 18.6 Å². The average molecular weight is 288 g/mol. The highest BCUT2D eigenvalue weighted by atomic mass is 35.5. The fraction of sp³-hybridized carbons (Fsp3) is 0.500. The molecule has 1 saturated heterocycles. The summed E-state index contributed by atoms with van der Waals surface area (Å²) in [7, 11) is 0. The molecule has 0 aliphatic carbocycles. The van der Waals surface area contributed by atoms with Gasteiger partial charge >= 0.3 is 0 Å². The minimum atomic E-state index is -0.648. The van der Waals surface area contributed by atoms with E-state index < -0.39 is 10.7 Å². The first kappa shape index (κ1) is 14.0. The predicted octanol–water partition coefficient (Wildman–Crippen LogP) is 2.56. The molecule has 0 spiro atoms. The van der Waals surface area contributed by atoms with E-state index in [9.17, 15) is 14.5 Å². The summed E-state index contributed by atoms with van der Waals surface area (Å²) in [5.41, 5.74) is 6.01. The maximum absolute atomic E-state index is 13.5. The van der Waals surface area contributed by atoms with Gasteiger partial charge in [0.1, 0.15) is 11.5 Å². The molecule has 0 radical (unpaired) electrons. The number of nitro groups is 1. The molecule has 1 heterocycles. The van der Waals surface area contributed by atoms with Crippen molar-refractivity contribution in [1.82, 2.24) is 0 Å². The molecule has 2 N–H and O–H groups in total. The van der Waals surface area contributed by atoms with Gasteiger partial charge in [0.05, 0.1) is 9.95 Å². The van der Waals surface area contributed by atoms with Crippen LogP contribution in [0.25, 0.3) is 0 Å². The molecule has 19 heavy (non-hydrogen) atoms. The molecule has 1 aliphatic heterocycles. The van der Waals surface area contributed by atoms with Crippen molar-refractivity contribution >= 4 is 23.0 Å². The fourth-order valence-corrected chi connectivity index (χ4v) is 2.47. The smallest absolute Gasteiger partial charge is 0.294 e. The van der Waals surface area contributed by atoms with Crippen molar-refractivity contribution in [3.8, 4) is 0 Å². The lowest BCUT2D eigenvalue weighted by Crippen LogP contribution is -2.46. The van der Waals surface area contributed by atoms with Crippen LogP contribution in [0.5, 0.6) is 0 Å². The quantitative estimate of drug-likeness (QED) is 0.670. The zero-order valence-corrected chi connectivity index (χ0v) is 11.2. The monoisotopic (exact) mass is 287 g/mol. The van der Waals surface area contributed by atoms with Crippen LogP contribution >= 0.6 is 11.6 Å². The molecule has 1 fully saturated rings. The summed E-state index contributed by atoms with van der Waals surface area (Å²) in [6, 6.07) is 2.27. The second kappa shape index (κ2) is 5.30. The van der Waals surface area contributed by atoms with Gasteiger partial charge < -0.3 is 10.6 Å². The van der Waals surface area contributed by atoms with E-state index in [-0.39, 0.29) is 28.4 Å². The molecule has 0 saturated carbocycles. The Bertz CT molecular complexity index is 512. The molecule has 2 rings (SSSR count). The van der Waals surface area contributed by atoms with Gasteiger partial charge in [0.25, 0.3) is 5.69 Å². The molecular weight excluding hydrogens is 273 g/mol. The number of nitro benzene ring substituents is 1. The first-order chi connectivity index (χ1) is 8.90. The van der Waals surface area contributed by atoms with Gasteiger partial charge in [-0.3, -0.25) is 10.1 Å². The minimum Gasteiger partial charge on any atom is -0.366 e. The Morgan fingerprint density at radius 2 is 2.26 bits per heavy atom. The molecule has 2 atom stereocenters. The Morgan fingerprint density at radius 3 is 2.84 bits per heavy atom. The molecular formula is C12H15ClFN3O2. The Hall–Kier alpha value is -1.40. The molecule has 0 bridgehead atoms. The van der Waals surface area contributed by atoms with E-state index >= 15 is 0 Å². The summed E-state index contributed by atoms with van der Waals surface area (Å²) in [5, 5.41) is 10.8. The van der Waals surface area contributed by atoms with Crippen molar-refractivity contribution in [2.75, 3.05) is 18.0 Å². The number of benzene rings is 1. The molecule has 104 valence electrons. The van der Waals surface area contributed by atoms with Gasteiger partial charge in [0, 0.05) is 31.3 Å². The lowest BCUT2D eigenvalue weighted by atomic mass is 9.94. The summed E-state index contributed by atoms with van der Waals surface area (Å²) in [6.07, 6.45) is 0.725. The molecule has 1 aliphatic rings. The normalized spacial score (nSPS) is 23.5. The fourth-order valence-electron chi connectivity index (χ4n) is 2.31. The highest BCUT2D eigenvalue weighted by molar-refractivity contribution is 6.31. The highest BCUT2D eigenvalue weighted by Crippen LogP contribution is 2.35. The van der Waals surface area contributed by atoms with Crippen LogP contribution in [0.2, 0.25) is 5.02 Å². The van der Waals surface area contributed by atoms with E-state index in [0.29, 0.717) is 13.1 Å². The van der Waals surface area contributed by atoms with Gasteiger partial charge in [-0.25, -0.2) is 4.39 Å². The topological polar surface area (TPSA) is 72.4 Å². The third-order valence-electron chi connectivity index (χ3n) is 3.53. The van der Waals surface area contributed by atoms with Crippen LogP contribution in [0.4, 0.5) is 15.8 Å². The first-order valence-corrected chi connectivity index (χ1v) is 6.42. The zero-order valence-electron chi connectivity index (χ0n) is 10.5. The van der Waals surface area contributed by atoms with Crippen LogP contribution in [0.3, 0.4) is 0 Å². The number of piperidine rings is 1. The molecule has 1 aromatic carbocycles. The van der Waals surface area contributed by atoms with Crippen molar-refractivity contribution in [3.63, 3.8) is 0 Å². The third kappa shape index (κ3) is 2.79. The van der Waals surface area contributed by atoms with Gasteiger partial charge in [0.2, 0.25) is 0 Å². The SMILES string of the molecule is CC1CN(c2cc(F)c(Cl)cc2[N+](=O)[O-])CCC1N. The van der Waals surface area contributed by atoms with E-state index in [2.05, 4.69) is 0 Å². The van der Waals surface area contributed by atoms with E-state index in [1.165, 1.54) is 0 Å². The number of nitrogens with zero attached hydrogens (tertiary/aromatic N) is 2. The Labute approximate surface area is 115 Å². The van der Waals surface area contributed by atoms with Crippen molar-refractivity contribution in [2.24, 2.45) is 11.7 Å². The van der Waals surface area contributed by atoms with Crippen molar-refractivity contribution in [2.45, 2.75) is 19.4 Å². The lowest BCUT2D eigenvalue weighted by molar-refractivity contribution is -0.384. The largest absolute Gasteiger partial charge is 0.366 e. The average Bonchev–Trinajstić information content (AvgIpc) is 2.35. The standard InChI is InChI=1S/C12H15ClFN3O2/c1-7-6-16(3-2-10(7)15)11-5-9(14)8(13)4-12(11)17(18)19/h4-5,7,10H,2-3,6,15H2,1H3. The number of hydrogen-bond acceptors (Lipinski definition) is 4. The van der Waals surface area contributed by atoms with Gasteiger partial charge in [-0.1, -0.05) is 18.5 Å². The second-order valence-electron chi connectivity index (χ2n) is 4.89. The summed E-state index contributed by atoms with van der Waals surface area (Å²) >= 11 is 5.60. The number of anilines is 1. The van der Waals surface area contributed by atoms with Gasteiger partial charge in [-0.2, -0.15) is 0 Å². The summed E-state index contributed by atoms with van der Waals surface area (Å²) in [6.45, 7) is 3.13. The molecule has 0 amide bonds. The lowest BCUT2D eigenvalue weighted by Gasteiger charge is -2.36. The van der Waals surface area contributed by atoms with Crippen LogP contribution in [0.1, 0.15) is 13.3 Å². The highest BCUT2D eigenvalue weighted by Gasteiger charge is 2.28. The number of hydrogen-bond donors (Lipinski definition) is 1. The van der Waals surface area contributed by atoms with E-state index in [1.807, 2.05) is 6.92 Å². The summed E-state index contributed by atoms with van der Waals surface area (Å²) in [5.74, 6) is -0.447. The maximum atomic E-state index is 13.5. The minimum absolute atomic E-state index is 0.0763. The zero-order chi connectivity index (χ0) is 14.2. The molecule has 5 nitrogen and oxygen atoms in total. The molecule has 7 heteroatoms. The molecule has 1 aromatic rings. The Morgan fingerprint density at radius 1 is 1.58 bits per heavy atom. The third-order valence-corrected chi connectivity index (χ3v) is 3.82. The van der Waals surface area contributed by atoms with Gasteiger partial charge in [-0.05, 0) is 12.3 Å². The predicted molar refractivity (Wildman–Crippen MR) is 72.0 cm³/mol. The summed E-state index contributed by atoms with van der Waals surface area (Å²) < 4.78 is 13.5. The van der Waals surface area contributed by atoms with Crippen molar-refractivity contribution in [3.05, 3.63) is 33.1 Å². The molecule has 0 aromatic heterocycles. The number of nitrogens with two attached hydrogens (primary N) is 1. The molecule has 2 unspecified atom stereocenters. The Kier molecular flexibility index (Phi) is 3.91. The van der Waals surface area contributed by atoms with E-state index in [1.54, 1.807) is 4.90 Å². The summed E-state index contributed by atoms with van der Waals surface area (Å²) in [4.78, 5) is 12.3. The Balaban J connectivity index is 2.38. The van der Waals surface area contributed by atoms with Crippen LogP contribution in [-0.2, 0) is 0 Å². The van der Waals surface area contributed by atoms with Gasteiger partial charge in [-0.15, -0.1) is 0 Å². The van der Waals surface area contributed by atoms with Crippen LogP contribution in [0.15, 0.2) is 12.1 Å². The maximum Gasteiger partial charge on any atom is 0.294 e. The van der Waals surface area contributed by atoms with Gasteiger partial charge in [0.15, 0.2) is 0 Å².